The lowest BCUT2D eigenvalue weighted by Gasteiger charge is -2.31. The molecule has 1 fully saturated rings. The summed E-state index contributed by atoms with van der Waals surface area (Å²) in [5, 5.41) is 3.10. The molecule has 0 amide bonds. The molecule has 0 bridgehead atoms. The van der Waals surface area contributed by atoms with E-state index >= 15 is 0 Å². The zero-order valence-corrected chi connectivity index (χ0v) is 12.1. The molecule has 6 heteroatoms. The zero-order chi connectivity index (χ0) is 15.5. The standard InChI is InChI=1S/C15H21F3N2O/c1-19-12(11-6-3-2-4-7-11)10-20-13(15(16,17)18)8-5-9-14(20)21/h5,8-9,11-12,19H,2-4,6-7,10H2,1H3. The third kappa shape index (κ3) is 3.87. The van der Waals surface area contributed by atoms with Crippen LogP contribution in [0.3, 0.4) is 0 Å². The summed E-state index contributed by atoms with van der Waals surface area (Å²) < 4.78 is 40.0. The molecule has 0 aromatic carbocycles. The van der Waals surface area contributed by atoms with E-state index in [1.54, 1.807) is 7.05 Å². The van der Waals surface area contributed by atoms with Gasteiger partial charge in [0.15, 0.2) is 0 Å². The summed E-state index contributed by atoms with van der Waals surface area (Å²) in [6.07, 6.45) is 0.914. The van der Waals surface area contributed by atoms with Gasteiger partial charge >= 0.3 is 6.18 Å². The maximum absolute atomic E-state index is 13.0. The molecule has 1 aromatic heterocycles. The molecule has 1 aliphatic carbocycles. The molecule has 1 unspecified atom stereocenters. The Morgan fingerprint density at radius 3 is 2.52 bits per heavy atom. The second-order valence-electron chi connectivity index (χ2n) is 5.65. The number of aromatic nitrogens is 1. The van der Waals surface area contributed by atoms with E-state index in [4.69, 9.17) is 0 Å². The van der Waals surface area contributed by atoms with Gasteiger partial charge in [-0.3, -0.25) is 4.79 Å². The van der Waals surface area contributed by atoms with Crippen LogP contribution in [0.2, 0.25) is 0 Å². The molecule has 1 saturated carbocycles. The quantitative estimate of drug-likeness (QED) is 0.927. The number of nitrogens with zero attached hydrogens (tertiary/aromatic N) is 1. The summed E-state index contributed by atoms with van der Waals surface area (Å²) >= 11 is 0. The summed E-state index contributed by atoms with van der Waals surface area (Å²) in [6.45, 7) is 0.0652. The fourth-order valence-corrected chi connectivity index (χ4v) is 3.17. The summed E-state index contributed by atoms with van der Waals surface area (Å²) in [4.78, 5) is 11.9. The second-order valence-corrected chi connectivity index (χ2v) is 5.65. The van der Waals surface area contributed by atoms with Gasteiger partial charge in [-0.05, 0) is 31.9 Å². The van der Waals surface area contributed by atoms with E-state index < -0.39 is 17.4 Å². The van der Waals surface area contributed by atoms with Crippen molar-refractivity contribution in [3.63, 3.8) is 0 Å². The van der Waals surface area contributed by atoms with Crippen LogP contribution in [0.1, 0.15) is 37.8 Å². The number of hydrogen-bond donors (Lipinski definition) is 1. The van der Waals surface area contributed by atoms with Crippen LogP contribution in [0.15, 0.2) is 23.0 Å². The molecule has 1 aliphatic rings. The number of likely N-dealkylation sites (N-methyl/N-ethyl adjacent to an activating group) is 1. The number of nitrogens with one attached hydrogen (secondary N) is 1. The monoisotopic (exact) mass is 302 g/mol. The Morgan fingerprint density at radius 1 is 1.29 bits per heavy atom. The first-order valence-electron chi connectivity index (χ1n) is 7.38. The maximum Gasteiger partial charge on any atom is 0.431 e. The lowest BCUT2D eigenvalue weighted by atomic mass is 9.84. The molecule has 21 heavy (non-hydrogen) atoms. The topological polar surface area (TPSA) is 34.0 Å². The molecule has 118 valence electrons. The highest BCUT2D eigenvalue weighted by molar-refractivity contribution is 5.10. The first-order valence-corrected chi connectivity index (χ1v) is 7.38. The van der Waals surface area contributed by atoms with E-state index in [-0.39, 0.29) is 12.6 Å². The molecule has 1 N–H and O–H groups in total. The smallest absolute Gasteiger partial charge is 0.315 e. The van der Waals surface area contributed by atoms with E-state index in [0.29, 0.717) is 5.92 Å². The minimum Gasteiger partial charge on any atom is -0.315 e. The molecule has 0 saturated heterocycles. The van der Waals surface area contributed by atoms with Crippen LogP contribution in [0.4, 0.5) is 13.2 Å². The van der Waals surface area contributed by atoms with Gasteiger partial charge in [0.1, 0.15) is 5.69 Å². The van der Waals surface area contributed by atoms with Gasteiger partial charge in [-0.2, -0.15) is 13.2 Å². The van der Waals surface area contributed by atoms with E-state index in [9.17, 15) is 18.0 Å². The number of pyridine rings is 1. The van der Waals surface area contributed by atoms with Gasteiger partial charge in [-0.1, -0.05) is 25.3 Å². The highest BCUT2D eigenvalue weighted by Gasteiger charge is 2.35. The van der Waals surface area contributed by atoms with Crippen molar-refractivity contribution in [1.29, 1.82) is 0 Å². The Bertz CT molecular complexity index is 518. The van der Waals surface area contributed by atoms with Crippen molar-refractivity contribution in [2.24, 2.45) is 5.92 Å². The average molecular weight is 302 g/mol. The van der Waals surface area contributed by atoms with Crippen LogP contribution >= 0.6 is 0 Å². The molecule has 3 nitrogen and oxygen atoms in total. The van der Waals surface area contributed by atoms with Crippen molar-refractivity contribution in [1.82, 2.24) is 9.88 Å². The van der Waals surface area contributed by atoms with Gasteiger partial charge in [0.25, 0.3) is 5.56 Å². The third-order valence-corrected chi connectivity index (χ3v) is 4.31. The van der Waals surface area contributed by atoms with Crippen molar-refractivity contribution in [3.05, 3.63) is 34.2 Å². The lowest BCUT2D eigenvalue weighted by Crippen LogP contribution is -2.42. The Balaban J connectivity index is 2.26. The summed E-state index contributed by atoms with van der Waals surface area (Å²) in [5.41, 5.74) is -1.47. The van der Waals surface area contributed by atoms with Gasteiger partial charge in [0.05, 0.1) is 0 Å². The highest BCUT2D eigenvalue weighted by Crippen LogP contribution is 2.30. The SMILES string of the molecule is CNC(Cn1c(C(F)(F)F)cccc1=O)C1CCCCC1. The molecule has 0 radical (unpaired) electrons. The Kier molecular flexibility index (Phi) is 5.08. The van der Waals surface area contributed by atoms with E-state index in [2.05, 4.69) is 5.32 Å². The predicted octanol–water partition coefficient (Wildman–Crippen LogP) is 3.04. The first kappa shape index (κ1) is 16.1. The molecule has 0 spiro atoms. The number of halogens is 3. The average Bonchev–Trinajstić information content (AvgIpc) is 2.45. The lowest BCUT2D eigenvalue weighted by molar-refractivity contribution is -0.144. The van der Waals surface area contributed by atoms with Crippen LogP contribution in [-0.4, -0.2) is 17.7 Å². The number of hydrogen-bond acceptors (Lipinski definition) is 2. The van der Waals surface area contributed by atoms with Crippen LogP contribution in [-0.2, 0) is 12.7 Å². The van der Waals surface area contributed by atoms with Gasteiger partial charge in [0.2, 0.25) is 0 Å². The fourth-order valence-electron chi connectivity index (χ4n) is 3.17. The van der Waals surface area contributed by atoms with Crippen LogP contribution in [0, 0.1) is 5.92 Å². The van der Waals surface area contributed by atoms with Gasteiger partial charge < -0.3 is 9.88 Å². The number of rotatable bonds is 4. The van der Waals surface area contributed by atoms with E-state index in [1.165, 1.54) is 12.5 Å². The molecular weight excluding hydrogens is 281 g/mol. The number of alkyl halides is 3. The molecule has 2 rings (SSSR count). The maximum atomic E-state index is 13.0. The van der Waals surface area contributed by atoms with E-state index in [1.807, 2.05) is 0 Å². The van der Waals surface area contributed by atoms with Crippen molar-refractivity contribution in [2.75, 3.05) is 7.05 Å². The Morgan fingerprint density at radius 2 is 1.95 bits per heavy atom. The second kappa shape index (κ2) is 6.64. The van der Waals surface area contributed by atoms with Crippen molar-refractivity contribution >= 4 is 0 Å². The van der Waals surface area contributed by atoms with Gasteiger partial charge in [0, 0.05) is 18.7 Å². The van der Waals surface area contributed by atoms with Gasteiger partial charge in [-0.15, -0.1) is 0 Å². The summed E-state index contributed by atoms with van der Waals surface area (Å²) in [5.74, 6) is 0.330. The fraction of sp³-hybridized carbons (Fsp3) is 0.667. The van der Waals surface area contributed by atoms with Crippen LogP contribution in [0.5, 0.6) is 0 Å². The summed E-state index contributed by atoms with van der Waals surface area (Å²) in [6, 6.07) is 3.21. The molecule has 1 heterocycles. The largest absolute Gasteiger partial charge is 0.431 e. The van der Waals surface area contributed by atoms with Crippen LogP contribution in [0.25, 0.3) is 0 Å². The highest BCUT2D eigenvalue weighted by atomic mass is 19.4. The first-order chi connectivity index (χ1) is 9.93. The Labute approximate surface area is 122 Å². The van der Waals surface area contributed by atoms with Crippen LogP contribution < -0.4 is 10.9 Å². The van der Waals surface area contributed by atoms with Gasteiger partial charge in [-0.25, -0.2) is 0 Å². The molecule has 0 aliphatic heterocycles. The zero-order valence-electron chi connectivity index (χ0n) is 12.1. The summed E-state index contributed by atoms with van der Waals surface area (Å²) in [7, 11) is 1.75. The predicted molar refractivity (Wildman–Crippen MR) is 75.1 cm³/mol. The minimum absolute atomic E-state index is 0.0652. The van der Waals surface area contributed by atoms with Crippen molar-refractivity contribution in [3.8, 4) is 0 Å². The third-order valence-electron chi connectivity index (χ3n) is 4.31. The Hall–Kier alpha value is -1.30. The molecule has 1 atom stereocenters. The van der Waals surface area contributed by atoms with Crippen molar-refractivity contribution in [2.45, 2.75) is 50.9 Å². The molecule has 1 aromatic rings. The van der Waals surface area contributed by atoms with Crippen molar-refractivity contribution < 1.29 is 13.2 Å². The normalized spacial score (nSPS) is 18.7. The molecular formula is C15H21F3N2O. The van der Waals surface area contributed by atoms with E-state index in [0.717, 1.165) is 42.4 Å². The minimum atomic E-state index is -4.51.